The number of carbonyl (C=O) groups excluding carboxylic acids is 1. The first-order chi connectivity index (χ1) is 11.6. The Morgan fingerprint density at radius 1 is 1.28 bits per heavy atom. The molecule has 136 valence electrons. The second-order valence-corrected chi connectivity index (χ2v) is 7.08. The van der Waals surface area contributed by atoms with Gasteiger partial charge >= 0.3 is 6.55 Å². The molecule has 25 heavy (non-hydrogen) atoms. The summed E-state index contributed by atoms with van der Waals surface area (Å²) in [4.78, 5) is 12.3. The van der Waals surface area contributed by atoms with Crippen molar-refractivity contribution >= 4 is 5.91 Å². The van der Waals surface area contributed by atoms with E-state index in [9.17, 15) is 13.6 Å². The van der Waals surface area contributed by atoms with E-state index in [1.165, 1.54) is 5.56 Å². The Balaban J connectivity index is 2.04. The number of aryl methyl sites for hydroxylation is 2. The SMILES string of the molecule is Cc1cccc(C(C)(C)CNC(=O)Cc2c(C)nn(C(F)F)c2C)c1. The second-order valence-electron chi connectivity index (χ2n) is 7.08. The van der Waals surface area contributed by atoms with Crippen molar-refractivity contribution in [3.8, 4) is 0 Å². The average molecular weight is 349 g/mol. The van der Waals surface area contributed by atoms with Crippen LogP contribution in [0.4, 0.5) is 8.78 Å². The van der Waals surface area contributed by atoms with Crippen LogP contribution in [-0.2, 0) is 16.6 Å². The standard InChI is InChI=1S/C19H25F2N3O/c1-12-7-6-8-15(9-12)19(4,5)11-22-17(25)10-16-13(2)23-24(14(16)3)18(20)21/h6-9,18H,10-11H2,1-5H3,(H,22,25). The smallest absolute Gasteiger partial charge is 0.333 e. The lowest BCUT2D eigenvalue weighted by molar-refractivity contribution is -0.120. The third-order valence-corrected chi connectivity index (χ3v) is 4.52. The molecule has 0 aliphatic carbocycles. The molecule has 0 bridgehead atoms. The number of alkyl halides is 2. The van der Waals surface area contributed by atoms with Crippen molar-refractivity contribution in [2.24, 2.45) is 0 Å². The molecule has 4 nitrogen and oxygen atoms in total. The number of amides is 1. The van der Waals surface area contributed by atoms with Crippen LogP contribution < -0.4 is 5.32 Å². The van der Waals surface area contributed by atoms with E-state index in [0.717, 1.165) is 5.56 Å². The minimum Gasteiger partial charge on any atom is -0.355 e. The average Bonchev–Trinajstić information content (AvgIpc) is 2.81. The predicted octanol–water partition coefficient (Wildman–Crippen LogP) is 3.84. The summed E-state index contributed by atoms with van der Waals surface area (Å²) in [7, 11) is 0. The molecular weight excluding hydrogens is 324 g/mol. The highest BCUT2D eigenvalue weighted by atomic mass is 19.3. The predicted molar refractivity (Wildman–Crippen MR) is 93.9 cm³/mol. The number of aromatic nitrogens is 2. The molecule has 0 saturated heterocycles. The molecule has 0 radical (unpaired) electrons. The van der Waals surface area contributed by atoms with Crippen molar-refractivity contribution in [3.63, 3.8) is 0 Å². The van der Waals surface area contributed by atoms with Crippen LogP contribution in [0.25, 0.3) is 0 Å². The topological polar surface area (TPSA) is 46.9 Å². The summed E-state index contributed by atoms with van der Waals surface area (Å²) in [5, 5.41) is 6.73. The fourth-order valence-electron chi connectivity index (χ4n) is 2.85. The van der Waals surface area contributed by atoms with Gasteiger partial charge in [0.25, 0.3) is 0 Å². The molecule has 1 aromatic heterocycles. The van der Waals surface area contributed by atoms with Crippen LogP contribution in [0.5, 0.6) is 0 Å². The lowest BCUT2D eigenvalue weighted by Gasteiger charge is -2.26. The van der Waals surface area contributed by atoms with Gasteiger partial charge in [0, 0.05) is 23.2 Å². The third kappa shape index (κ3) is 4.44. The molecule has 1 heterocycles. The Hall–Kier alpha value is -2.24. The van der Waals surface area contributed by atoms with Crippen molar-refractivity contribution in [1.82, 2.24) is 15.1 Å². The van der Waals surface area contributed by atoms with Gasteiger partial charge in [-0.1, -0.05) is 43.7 Å². The summed E-state index contributed by atoms with van der Waals surface area (Å²) in [6.45, 7) is 7.13. The Labute approximate surface area is 147 Å². The van der Waals surface area contributed by atoms with Gasteiger partial charge in [0.1, 0.15) is 0 Å². The fraction of sp³-hybridized carbons (Fsp3) is 0.474. The third-order valence-electron chi connectivity index (χ3n) is 4.52. The zero-order valence-electron chi connectivity index (χ0n) is 15.4. The van der Waals surface area contributed by atoms with Crippen molar-refractivity contribution in [1.29, 1.82) is 0 Å². The molecule has 0 saturated carbocycles. The van der Waals surface area contributed by atoms with Crippen molar-refractivity contribution in [3.05, 3.63) is 52.3 Å². The molecule has 0 fully saturated rings. The number of hydrogen-bond donors (Lipinski definition) is 1. The summed E-state index contributed by atoms with van der Waals surface area (Å²) in [6.07, 6.45) is 0.0499. The molecule has 1 aromatic carbocycles. The number of hydrogen-bond acceptors (Lipinski definition) is 2. The maximum absolute atomic E-state index is 12.9. The van der Waals surface area contributed by atoms with Crippen LogP contribution in [0, 0.1) is 20.8 Å². The van der Waals surface area contributed by atoms with Gasteiger partial charge in [-0.15, -0.1) is 0 Å². The Bertz CT molecular complexity index is 766. The largest absolute Gasteiger partial charge is 0.355 e. The van der Waals surface area contributed by atoms with E-state index < -0.39 is 6.55 Å². The highest BCUT2D eigenvalue weighted by Crippen LogP contribution is 2.23. The Morgan fingerprint density at radius 2 is 1.96 bits per heavy atom. The zero-order chi connectivity index (χ0) is 18.8. The van der Waals surface area contributed by atoms with Gasteiger partial charge in [-0.3, -0.25) is 4.79 Å². The van der Waals surface area contributed by atoms with Crippen molar-refractivity contribution in [2.45, 2.75) is 53.0 Å². The van der Waals surface area contributed by atoms with Gasteiger partial charge < -0.3 is 5.32 Å². The van der Waals surface area contributed by atoms with E-state index in [1.54, 1.807) is 13.8 Å². The second kappa shape index (κ2) is 7.33. The molecule has 1 amide bonds. The van der Waals surface area contributed by atoms with Gasteiger partial charge in [0.2, 0.25) is 5.91 Å². The summed E-state index contributed by atoms with van der Waals surface area (Å²) in [5.41, 5.74) is 3.45. The first-order valence-corrected chi connectivity index (χ1v) is 8.28. The first-order valence-electron chi connectivity index (χ1n) is 8.28. The highest BCUT2D eigenvalue weighted by molar-refractivity contribution is 5.79. The van der Waals surface area contributed by atoms with Gasteiger partial charge in [0.15, 0.2) is 0 Å². The van der Waals surface area contributed by atoms with E-state index in [2.05, 4.69) is 30.3 Å². The molecule has 0 aliphatic rings. The molecule has 6 heteroatoms. The maximum Gasteiger partial charge on any atom is 0.333 e. The van der Waals surface area contributed by atoms with Crippen molar-refractivity contribution < 1.29 is 13.6 Å². The number of benzene rings is 1. The zero-order valence-corrected chi connectivity index (χ0v) is 15.4. The van der Waals surface area contributed by atoms with E-state index >= 15 is 0 Å². The molecule has 0 aliphatic heterocycles. The van der Waals surface area contributed by atoms with E-state index in [0.29, 0.717) is 28.2 Å². The van der Waals surface area contributed by atoms with Crippen LogP contribution in [-0.4, -0.2) is 22.2 Å². The number of halogens is 2. The molecule has 0 spiro atoms. The Kier molecular flexibility index (Phi) is 5.60. The van der Waals surface area contributed by atoms with Crippen LogP contribution in [0.3, 0.4) is 0 Å². The molecule has 2 rings (SSSR count). The van der Waals surface area contributed by atoms with Crippen LogP contribution in [0.15, 0.2) is 24.3 Å². The quantitative estimate of drug-likeness (QED) is 0.861. The van der Waals surface area contributed by atoms with Crippen LogP contribution in [0.1, 0.15) is 48.5 Å². The van der Waals surface area contributed by atoms with Crippen molar-refractivity contribution in [2.75, 3.05) is 6.54 Å². The monoisotopic (exact) mass is 349 g/mol. The number of carbonyl (C=O) groups is 1. The van der Waals surface area contributed by atoms with Gasteiger partial charge in [-0.25, -0.2) is 4.68 Å². The molecule has 0 unspecified atom stereocenters. The fourth-order valence-corrected chi connectivity index (χ4v) is 2.85. The molecular formula is C19H25F2N3O. The van der Waals surface area contributed by atoms with Gasteiger partial charge in [0.05, 0.1) is 12.1 Å². The van der Waals surface area contributed by atoms with E-state index in [-0.39, 0.29) is 17.7 Å². The lowest BCUT2D eigenvalue weighted by atomic mass is 9.84. The summed E-state index contributed by atoms with van der Waals surface area (Å²) >= 11 is 0. The minimum absolute atomic E-state index is 0.0499. The molecule has 1 N–H and O–H groups in total. The van der Waals surface area contributed by atoms with Crippen LogP contribution in [0.2, 0.25) is 0 Å². The highest BCUT2D eigenvalue weighted by Gasteiger charge is 2.23. The van der Waals surface area contributed by atoms with Crippen LogP contribution >= 0.6 is 0 Å². The van der Waals surface area contributed by atoms with E-state index in [1.807, 2.05) is 25.1 Å². The van der Waals surface area contributed by atoms with Gasteiger partial charge in [-0.05, 0) is 26.3 Å². The maximum atomic E-state index is 12.9. The minimum atomic E-state index is -2.70. The first kappa shape index (κ1) is 19.1. The number of nitrogens with one attached hydrogen (secondary N) is 1. The van der Waals surface area contributed by atoms with E-state index in [4.69, 9.17) is 0 Å². The summed E-state index contributed by atoms with van der Waals surface area (Å²) in [5.74, 6) is -0.194. The molecule has 0 atom stereocenters. The number of nitrogens with zero attached hydrogens (tertiary/aromatic N) is 2. The van der Waals surface area contributed by atoms with Gasteiger partial charge in [-0.2, -0.15) is 13.9 Å². The number of rotatable bonds is 6. The molecule has 2 aromatic rings. The summed E-state index contributed by atoms with van der Waals surface area (Å²) in [6, 6.07) is 8.18. The Morgan fingerprint density at radius 3 is 2.52 bits per heavy atom. The normalized spacial score (nSPS) is 11.8. The summed E-state index contributed by atoms with van der Waals surface area (Å²) < 4.78 is 26.4. The lowest BCUT2D eigenvalue weighted by Crippen LogP contribution is -2.37.